The standard InChI is InChI=1S/C23H31N3O4/c1-6-16(2)15-25-10-9-18-22(20(29-5)14-21(27)26(18)12-11-25)23(28)24(4)17(3)19-8-7-13-30-19/h6-8,13-14,17H,9-12,15H2,1-5H3/b16-6+/t17-/m0/s1. The van der Waals surface area contributed by atoms with E-state index in [4.69, 9.17) is 9.15 Å². The van der Waals surface area contributed by atoms with Crippen molar-refractivity contribution in [3.63, 3.8) is 0 Å². The highest BCUT2D eigenvalue weighted by Gasteiger charge is 2.29. The van der Waals surface area contributed by atoms with Gasteiger partial charge in [-0.25, -0.2) is 0 Å². The zero-order valence-electron chi connectivity index (χ0n) is 18.5. The fourth-order valence-electron chi connectivity index (χ4n) is 3.86. The molecule has 2 aromatic rings. The van der Waals surface area contributed by atoms with Gasteiger partial charge >= 0.3 is 0 Å². The van der Waals surface area contributed by atoms with Crippen LogP contribution in [0.4, 0.5) is 0 Å². The van der Waals surface area contributed by atoms with E-state index in [2.05, 4.69) is 17.9 Å². The van der Waals surface area contributed by atoms with Gasteiger partial charge in [-0.1, -0.05) is 11.6 Å². The lowest BCUT2D eigenvalue weighted by molar-refractivity contribution is 0.0720. The number of aromatic nitrogens is 1. The van der Waals surface area contributed by atoms with Crippen LogP contribution in [0.3, 0.4) is 0 Å². The second kappa shape index (κ2) is 9.34. The lowest BCUT2D eigenvalue weighted by Crippen LogP contribution is -2.34. The van der Waals surface area contributed by atoms with Gasteiger partial charge in [-0.05, 0) is 32.9 Å². The highest BCUT2D eigenvalue weighted by atomic mass is 16.5. The molecule has 1 amide bonds. The van der Waals surface area contributed by atoms with E-state index < -0.39 is 0 Å². The Hall–Kier alpha value is -2.80. The van der Waals surface area contributed by atoms with Crippen LogP contribution in [0.2, 0.25) is 0 Å². The first-order valence-corrected chi connectivity index (χ1v) is 10.3. The first kappa shape index (κ1) is 21.9. The van der Waals surface area contributed by atoms with E-state index >= 15 is 0 Å². The zero-order valence-corrected chi connectivity index (χ0v) is 18.5. The van der Waals surface area contributed by atoms with E-state index in [1.165, 1.54) is 18.7 Å². The van der Waals surface area contributed by atoms with E-state index in [-0.39, 0.29) is 17.5 Å². The number of rotatable bonds is 6. The molecular weight excluding hydrogens is 382 g/mol. The number of furan rings is 1. The Morgan fingerprint density at radius 2 is 2.13 bits per heavy atom. The maximum Gasteiger partial charge on any atom is 0.259 e. The number of hydrogen-bond donors (Lipinski definition) is 0. The SMILES string of the molecule is C/C=C(\C)CN1CCc2c(C(=O)N(C)[C@@H](C)c3ccco3)c(OC)cc(=O)n2CC1. The zero-order chi connectivity index (χ0) is 21.8. The number of carbonyl (C=O) groups is 1. The van der Waals surface area contributed by atoms with Crippen LogP contribution in [-0.4, -0.2) is 54.1 Å². The Labute approximate surface area is 177 Å². The topological polar surface area (TPSA) is 67.9 Å². The average molecular weight is 414 g/mol. The molecule has 0 fully saturated rings. The Balaban J connectivity index is 1.98. The maximum absolute atomic E-state index is 13.5. The number of amides is 1. The molecule has 0 unspecified atom stereocenters. The van der Waals surface area contributed by atoms with Crippen molar-refractivity contribution in [2.75, 3.05) is 33.8 Å². The van der Waals surface area contributed by atoms with E-state index in [0.29, 0.717) is 30.0 Å². The van der Waals surface area contributed by atoms with Crippen molar-refractivity contribution in [3.8, 4) is 5.75 Å². The summed E-state index contributed by atoms with van der Waals surface area (Å²) in [6.45, 7) is 8.99. The van der Waals surface area contributed by atoms with Gasteiger partial charge in [0.1, 0.15) is 17.1 Å². The number of ether oxygens (including phenoxy) is 1. The van der Waals surface area contributed by atoms with Crippen molar-refractivity contribution in [1.29, 1.82) is 0 Å². The van der Waals surface area contributed by atoms with Crippen molar-refractivity contribution < 1.29 is 13.9 Å². The van der Waals surface area contributed by atoms with Crippen LogP contribution in [-0.2, 0) is 13.0 Å². The van der Waals surface area contributed by atoms with Gasteiger partial charge in [-0.3, -0.25) is 14.5 Å². The van der Waals surface area contributed by atoms with E-state index in [9.17, 15) is 9.59 Å². The summed E-state index contributed by atoms with van der Waals surface area (Å²) >= 11 is 0. The molecule has 1 aliphatic heterocycles. The minimum Gasteiger partial charge on any atom is -0.496 e. The van der Waals surface area contributed by atoms with Gasteiger partial charge in [-0.15, -0.1) is 0 Å². The molecule has 162 valence electrons. The Kier molecular flexibility index (Phi) is 6.82. The molecule has 3 heterocycles. The number of pyridine rings is 1. The fourth-order valence-corrected chi connectivity index (χ4v) is 3.86. The predicted octanol–water partition coefficient (Wildman–Crippen LogP) is 3.11. The summed E-state index contributed by atoms with van der Waals surface area (Å²) in [5.74, 6) is 0.849. The lowest BCUT2D eigenvalue weighted by Gasteiger charge is -2.26. The summed E-state index contributed by atoms with van der Waals surface area (Å²) in [6.07, 6.45) is 4.31. The Bertz CT molecular complexity index is 975. The summed E-state index contributed by atoms with van der Waals surface area (Å²) in [5.41, 5.74) is 2.35. The molecule has 2 aromatic heterocycles. The molecule has 0 N–H and O–H groups in total. The highest BCUT2D eigenvalue weighted by Crippen LogP contribution is 2.28. The third-order valence-corrected chi connectivity index (χ3v) is 5.94. The van der Waals surface area contributed by atoms with Gasteiger partial charge in [0, 0.05) is 51.4 Å². The number of carbonyl (C=O) groups excluding carboxylic acids is 1. The van der Waals surface area contributed by atoms with Crippen LogP contribution < -0.4 is 10.3 Å². The van der Waals surface area contributed by atoms with Gasteiger partial charge in [0.15, 0.2) is 0 Å². The minimum absolute atomic E-state index is 0.134. The molecule has 7 nitrogen and oxygen atoms in total. The second-order valence-electron chi connectivity index (χ2n) is 7.79. The molecule has 3 rings (SSSR count). The number of nitrogens with zero attached hydrogens (tertiary/aromatic N) is 3. The normalized spacial score (nSPS) is 16.0. The smallest absolute Gasteiger partial charge is 0.259 e. The Morgan fingerprint density at radius 1 is 1.37 bits per heavy atom. The van der Waals surface area contributed by atoms with Crippen LogP contribution in [0.5, 0.6) is 5.75 Å². The van der Waals surface area contributed by atoms with E-state index in [1.54, 1.807) is 28.8 Å². The summed E-state index contributed by atoms with van der Waals surface area (Å²) in [5, 5.41) is 0. The van der Waals surface area contributed by atoms with Crippen LogP contribution >= 0.6 is 0 Å². The first-order chi connectivity index (χ1) is 14.4. The molecule has 0 saturated carbocycles. The summed E-state index contributed by atoms with van der Waals surface area (Å²) in [7, 11) is 3.24. The average Bonchev–Trinajstić information content (AvgIpc) is 3.21. The Morgan fingerprint density at radius 3 is 2.77 bits per heavy atom. The van der Waals surface area contributed by atoms with Crippen LogP contribution in [0.15, 0.2) is 45.3 Å². The molecule has 0 aromatic carbocycles. The van der Waals surface area contributed by atoms with E-state index in [0.717, 1.165) is 25.3 Å². The third-order valence-electron chi connectivity index (χ3n) is 5.94. The van der Waals surface area contributed by atoms with Gasteiger partial charge in [0.2, 0.25) is 0 Å². The lowest BCUT2D eigenvalue weighted by atomic mass is 10.1. The quantitative estimate of drug-likeness (QED) is 0.681. The molecule has 1 aliphatic rings. The monoisotopic (exact) mass is 413 g/mol. The summed E-state index contributed by atoms with van der Waals surface area (Å²) < 4.78 is 12.7. The third kappa shape index (κ3) is 4.36. The highest BCUT2D eigenvalue weighted by molar-refractivity contribution is 5.98. The van der Waals surface area contributed by atoms with Gasteiger partial charge in [0.25, 0.3) is 11.5 Å². The van der Waals surface area contributed by atoms with Crippen LogP contribution in [0.25, 0.3) is 0 Å². The van der Waals surface area contributed by atoms with Gasteiger partial charge in [-0.2, -0.15) is 0 Å². The first-order valence-electron chi connectivity index (χ1n) is 10.3. The number of hydrogen-bond acceptors (Lipinski definition) is 5. The second-order valence-corrected chi connectivity index (χ2v) is 7.79. The van der Waals surface area contributed by atoms with E-state index in [1.807, 2.05) is 19.9 Å². The molecular formula is C23H31N3O4. The maximum atomic E-state index is 13.5. The molecule has 30 heavy (non-hydrogen) atoms. The van der Waals surface area contributed by atoms with Crippen molar-refractivity contribution in [2.45, 2.75) is 39.8 Å². The van der Waals surface area contributed by atoms with Crippen molar-refractivity contribution in [3.05, 3.63) is 63.5 Å². The number of fused-ring (bicyclic) bond motifs is 1. The molecule has 0 saturated heterocycles. The van der Waals surface area contributed by atoms with Crippen molar-refractivity contribution >= 4 is 5.91 Å². The molecule has 7 heteroatoms. The molecule has 0 aliphatic carbocycles. The number of methoxy groups -OCH3 is 1. The summed E-state index contributed by atoms with van der Waals surface area (Å²) in [6, 6.07) is 4.84. The summed E-state index contributed by atoms with van der Waals surface area (Å²) in [4.78, 5) is 30.2. The molecule has 0 spiro atoms. The van der Waals surface area contributed by atoms with Crippen LogP contribution in [0, 0.1) is 0 Å². The minimum atomic E-state index is -0.246. The molecule has 0 radical (unpaired) electrons. The number of allylic oxidation sites excluding steroid dienone is 1. The predicted molar refractivity (Wildman–Crippen MR) is 116 cm³/mol. The van der Waals surface area contributed by atoms with Crippen molar-refractivity contribution in [2.24, 2.45) is 0 Å². The fraction of sp³-hybridized carbons (Fsp3) is 0.478. The largest absolute Gasteiger partial charge is 0.496 e. The van der Waals surface area contributed by atoms with Crippen molar-refractivity contribution in [1.82, 2.24) is 14.4 Å². The van der Waals surface area contributed by atoms with Gasteiger partial charge in [0.05, 0.1) is 19.4 Å². The van der Waals surface area contributed by atoms with Crippen LogP contribution in [0.1, 0.15) is 48.6 Å². The molecule has 1 atom stereocenters. The van der Waals surface area contributed by atoms with Gasteiger partial charge < -0.3 is 18.6 Å². The molecule has 0 bridgehead atoms.